The fourth-order valence-corrected chi connectivity index (χ4v) is 3.30. The molecule has 0 bridgehead atoms. The number of aromatic nitrogens is 1. The number of rotatable bonds is 6. The van der Waals surface area contributed by atoms with E-state index in [2.05, 4.69) is 15.6 Å². The number of carbonyl (C=O) groups excluding carboxylic acids is 1. The van der Waals surface area contributed by atoms with Crippen molar-refractivity contribution < 1.29 is 31.8 Å². The second kappa shape index (κ2) is 8.97. The van der Waals surface area contributed by atoms with Gasteiger partial charge in [0.05, 0.1) is 22.0 Å². The SMILES string of the molecule is CNC1OC1c1cc(Oc2ccc(NC(=O)c3ccc(Cl)c(C(F)(F)F)c3)c(F)c2)ccn1. The van der Waals surface area contributed by atoms with Crippen molar-refractivity contribution in [1.29, 1.82) is 0 Å². The molecule has 1 saturated heterocycles. The van der Waals surface area contributed by atoms with E-state index in [4.69, 9.17) is 21.1 Å². The molecule has 6 nitrogen and oxygen atoms in total. The third kappa shape index (κ3) is 5.24. The standard InChI is InChI=1S/C22H16ClF4N3O3/c1-28-21-19(33-21)18-10-13(6-7-29-18)32-12-3-5-17(16(24)9-12)30-20(31)11-2-4-15(23)14(8-11)22(25,26)27/h2-10,19,21,28H,1H3,(H,30,31). The van der Waals surface area contributed by atoms with E-state index in [1.807, 2.05) is 0 Å². The lowest BCUT2D eigenvalue weighted by atomic mass is 10.1. The highest BCUT2D eigenvalue weighted by atomic mass is 35.5. The lowest BCUT2D eigenvalue weighted by Crippen LogP contribution is -2.15. The first-order chi connectivity index (χ1) is 15.7. The number of likely N-dealkylation sites (N-methyl/N-ethyl adjacent to an activating group) is 1. The zero-order valence-corrected chi connectivity index (χ0v) is 17.7. The third-order valence-electron chi connectivity index (χ3n) is 4.78. The average molecular weight is 482 g/mol. The predicted molar refractivity (Wildman–Crippen MR) is 112 cm³/mol. The van der Waals surface area contributed by atoms with E-state index in [1.54, 1.807) is 19.2 Å². The van der Waals surface area contributed by atoms with E-state index in [9.17, 15) is 22.4 Å². The summed E-state index contributed by atoms with van der Waals surface area (Å²) in [6.07, 6.45) is -3.52. The molecule has 2 aromatic carbocycles. The Morgan fingerprint density at radius 3 is 2.55 bits per heavy atom. The van der Waals surface area contributed by atoms with Crippen LogP contribution in [0.1, 0.15) is 27.7 Å². The van der Waals surface area contributed by atoms with Gasteiger partial charge in [0.2, 0.25) is 0 Å². The first-order valence-corrected chi connectivity index (χ1v) is 9.97. The number of pyridine rings is 1. The highest BCUT2D eigenvalue weighted by molar-refractivity contribution is 6.31. The molecule has 4 rings (SSSR count). The Kier molecular flexibility index (Phi) is 6.24. The van der Waals surface area contributed by atoms with Crippen LogP contribution in [0.3, 0.4) is 0 Å². The van der Waals surface area contributed by atoms with Gasteiger partial charge in [0.1, 0.15) is 29.6 Å². The maximum Gasteiger partial charge on any atom is 0.417 e. The number of benzene rings is 2. The summed E-state index contributed by atoms with van der Waals surface area (Å²) in [7, 11) is 1.76. The molecule has 0 saturated carbocycles. The molecule has 33 heavy (non-hydrogen) atoms. The molecule has 2 atom stereocenters. The van der Waals surface area contributed by atoms with Crippen LogP contribution in [-0.4, -0.2) is 24.2 Å². The molecule has 172 valence electrons. The topological polar surface area (TPSA) is 75.8 Å². The number of carbonyl (C=O) groups is 1. The minimum Gasteiger partial charge on any atom is -0.457 e. The molecule has 11 heteroatoms. The van der Waals surface area contributed by atoms with Gasteiger partial charge in [-0.1, -0.05) is 11.6 Å². The van der Waals surface area contributed by atoms with E-state index >= 15 is 0 Å². The van der Waals surface area contributed by atoms with Crippen molar-refractivity contribution in [2.45, 2.75) is 18.5 Å². The van der Waals surface area contributed by atoms with Crippen molar-refractivity contribution in [3.05, 3.63) is 82.4 Å². The number of halogens is 5. The van der Waals surface area contributed by atoms with Gasteiger partial charge in [-0.15, -0.1) is 0 Å². The van der Waals surface area contributed by atoms with Gasteiger partial charge in [-0.3, -0.25) is 15.1 Å². The van der Waals surface area contributed by atoms with E-state index in [-0.39, 0.29) is 29.3 Å². The number of epoxide rings is 1. The number of anilines is 1. The molecular weight excluding hydrogens is 466 g/mol. The third-order valence-corrected chi connectivity index (χ3v) is 5.11. The summed E-state index contributed by atoms with van der Waals surface area (Å²) in [6.45, 7) is 0. The van der Waals surface area contributed by atoms with Crippen LogP contribution >= 0.6 is 11.6 Å². The fraction of sp³-hybridized carbons (Fsp3) is 0.182. The van der Waals surface area contributed by atoms with E-state index in [0.29, 0.717) is 17.5 Å². The van der Waals surface area contributed by atoms with Gasteiger partial charge in [0.15, 0.2) is 0 Å². The van der Waals surface area contributed by atoms with Gasteiger partial charge in [-0.25, -0.2) is 4.39 Å². The van der Waals surface area contributed by atoms with Gasteiger partial charge >= 0.3 is 6.18 Å². The second-order valence-corrected chi connectivity index (χ2v) is 7.48. The summed E-state index contributed by atoms with van der Waals surface area (Å²) in [5.41, 5.74) is -1.06. The number of nitrogens with one attached hydrogen (secondary N) is 2. The molecule has 0 aliphatic carbocycles. The van der Waals surface area contributed by atoms with E-state index < -0.39 is 28.5 Å². The number of amides is 1. The monoisotopic (exact) mass is 481 g/mol. The van der Waals surface area contributed by atoms with Crippen molar-refractivity contribution in [2.75, 3.05) is 12.4 Å². The summed E-state index contributed by atoms with van der Waals surface area (Å²) in [5.74, 6) is -1.20. The molecule has 0 spiro atoms. The first kappa shape index (κ1) is 23.0. The summed E-state index contributed by atoms with van der Waals surface area (Å²) in [5, 5.41) is 4.67. The molecule has 0 radical (unpaired) electrons. The lowest BCUT2D eigenvalue weighted by molar-refractivity contribution is -0.137. The zero-order chi connectivity index (χ0) is 23.8. The Morgan fingerprint density at radius 1 is 1.12 bits per heavy atom. The fourth-order valence-electron chi connectivity index (χ4n) is 3.08. The van der Waals surface area contributed by atoms with E-state index in [1.165, 1.54) is 18.3 Å². The lowest BCUT2D eigenvalue weighted by Gasteiger charge is -2.12. The highest BCUT2D eigenvalue weighted by Gasteiger charge is 2.40. The molecule has 1 aliphatic heterocycles. The van der Waals surface area contributed by atoms with Crippen molar-refractivity contribution >= 4 is 23.2 Å². The second-order valence-electron chi connectivity index (χ2n) is 7.07. The summed E-state index contributed by atoms with van der Waals surface area (Å²) < 4.78 is 64.6. The maximum atomic E-state index is 14.5. The zero-order valence-electron chi connectivity index (χ0n) is 16.9. The Labute approximate surface area is 190 Å². The van der Waals surface area contributed by atoms with Gasteiger partial charge in [0.25, 0.3) is 5.91 Å². The Bertz CT molecular complexity index is 1210. The number of nitrogens with zero attached hydrogens (tertiary/aromatic N) is 1. The first-order valence-electron chi connectivity index (χ1n) is 9.60. The van der Waals surface area contributed by atoms with Gasteiger partial charge in [-0.2, -0.15) is 13.2 Å². The van der Waals surface area contributed by atoms with Gasteiger partial charge in [-0.05, 0) is 43.4 Å². The van der Waals surface area contributed by atoms with Crippen molar-refractivity contribution in [2.24, 2.45) is 0 Å². The molecule has 2 unspecified atom stereocenters. The van der Waals surface area contributed by atoms with Crippen LogP contribution in [0, 0.1) is 5.82 Å². The Balaban J connectivity index is 1.46. The number of hydrogen-bond donors (Lipinski definition) is 2. The van der Waals surface area contributed by atoms with Gasteiger partial charge < -0.3 is 14.8 Å². The predicted octanol–water partition coefficient (Wildman–Crippen LogP) is 5.55. The normalized spacial score (nSPS) is 17.5. The molecule has 3 aromatic rings. The molecule has 1 aliphatic rings. The number of alkyl halides is 3. The molecule has 1 amide bonds. The molecule has 2 heterocycles. The quantitative estimate of drug-likeness (QED) is 0.356. The Morgan fingerprint density at radius 2 is 1.88 bits per heavy atom. The molecular formula is C22H16ClF4N3O3. The number of hydrogen-bond acceptors (Lipinski definition) is 5. The molecule has 1 fully saturated rings. The smallest absolute Gasteiger partial charge is 0.417 e. The largest absolute Gasteiger partial charge is 0.457 e. The van der Waals surface area contributed by atoms with E-state index in [0.717, 1.165) is 18.2 Å². The highest BCUT2D eigenvalue weighted by Crippen LogP contribution is 2.37. The van der Waals surface area contributed by atoms with Crippen molar-refractivity contribution in [1.82, 2.24) is 10.3 Å². The number of ether oxygens (including phenoxy) is 2. The molecule has 2 N–H and O–H groups in total. The van der Waals surface area contributed by atoms with Crippen LogP contribution < -0.4 is 15.4 Å². The summed E-state index contributed by atoms with van der Waals surface area (Å²) in [6, 6.07) is 9.63. The Hall–Kier alpha value is -3.21. The molecule has 1 aromatic heterocycles. The maximum absolute atomic E-state index is 14.5. The summed E-state index contributed by atoms with van der Waals surface area (Å²) >= 11 is 5.56. The van der Waals surface area contributed by atoms with Crippen molar-refractivity contribution in [3.63, 3.8) is 0 Å². The van der Waals surface area contributed by atoms with Crippen LogP contribution in [-0.2, 0) is 10.9 Å². The summed E-state index contributed by atoms with van der Waals surface area (Å²) in [4.78, 5) is 16.6. The van der Waals surface area contributed by atoms with Crippen LogP contribution in [0.25, 0.3) is 0 Å². The van der Waals surface area contributed by atoms with Gasteiger partial charge in [0, 0.05) is 23.9 Å². The van der Waals surface area contributed by atoms with Crippen LogP contribution in [0.15, 0.2) is 54.7 Å². The van der Waals surface area contributed by atoms with Crippen LogP contribution in [0.5, 0.6) is 11.5 Å². The van der Waals surface area contributed by atoms with Crippen LogP contribution in [0.2, 0.25) is 5.02 Å². The average Bonchev–Trinajstić information content (AvgIpc) is 3.55. The van der Waals surface area contributed by atoms with Crippen molar-refractivity contribution in [3.8, 4) is 11.5 Å². The minimum atomic E-state index is -4.73. The minimum absolute atomic E-state index is 0.124. The van der Waals surface area contributed by atoms with Crippen LogP contribution in [0.4, 0.5) is 23.2 Å².